The molecule has 2 aromatic heterocycles. The van der Waals surface area contributed by atoms with Gasteiger partial charge in [-0.25, -0.2) is 4.98 Å². The minimum atomic E-state index is -0.0770. The summed E-state index contributed by atoms with van der Waals surface area (Å²) in [4.78, 5) is 19.0. The molecule has 1 N–H and O–H groups in total. The molecule has 0 bridgehead atoms. The molecule has 0 amide bonds. The molecular formula is C8H5BrN2OS. The van der Waals surface area contributed by atoms with Crippen molar-refractivity contribution in [2.45, 2.75) is 0 Å². The number of halogens is 1. The first-order valence-corrected chi connectivity index (χ1v) is 5.23. The zero-order chi connectivity index (χ0) is 9.26. The van der Waals surface area contributed by atoms with Crippen molar-refractivity contribution in [1.82, 2.24) is 9.97 Å². The van der Waals surface area contributed by atoms with Gasteiger partial charge in [-0.15, -0.1) is 11.3 Å². The minimum absolute atomic E-state index is 0.0770. The first-order chi connectivity index (χ1) is 6.29. The van der Waals surface area contributed by atoms with Gasteiger partial charge in [0, 0.05) is 16.9 Å². The fourth-order valence-corrected chi connectivity index (χ4v) is 2.44. The number of nitrogens with zero attached hydrogens (tertiary/aromatic N) is 1. The van der Waals surface area contributed by atoms with Crippen molar-refractivity contribution in [2.75, 3.05) is 0 Å². The Bertz CT molecular complexity index is 421. The molecule has 0 spiro atoms. The van der Waals surface area contributed by atoms with Crippen LogP contribution in [0.3, 0.4) is 0 Å². The third kappa shape index (κ3) is 1.57. The lowest BCUT2D eigenvalue weighted by Crippen LogP contribution is -2.01. The van der Waals surface area contributed by atoms with Crippen LogP contribution in [0, 0.1) is 0 Å². The molecule has 0 fully saturated rings. The summed E-state index contributed by atoms with van der Waals surface area (Å²) in [6.07, 6.45) is 3.20. The Morgan fingerprint density at radius 3 is 3.00 bits per heavy atom. The maximum atomic E-state index is 11.7. The van der Waals surface area contributed by atoms with E-state index in [2.05, 4.69) is 25.9 Å². The Balaban J connectivity index is 2.39. The molecule has 0 aromatic carbocycles. The van der Waals surface area contributed by atoms with Crippen LogP contribution in [-0.4, -0.2) is 15.8 Å². The fourth-order valence-electron chi connectivity index (χ4n) is 0.953. The molecule has 0 saturated carbocycles. The summed E-state index contributed by atoms with van der Waals surface area (Å²) in [6, 6.07) is 1.85. The van der Waals surface area contributed by atoms with Gasteiger partial charge in [-0.3, -0.25) is 4.79 Å². The van der Waals surface area contributed by atoms with Crippen LogP contribution in [0.4, 0.5) is 0 Å². The molecule has 2 rings (SSSR count). The number of carbonyl (C=O) groups excluding carboxylic acids is 1. The van der Waals surface area contributed by atoms with Gasteiger partial charge in [0.1, 0.15) is 0 Å². The largest absolute Gasteiger partial charge is 0.342 e. The van der Waals surface area contributed by atoms with Crippen LogP contribution in [0.15, 0.2) is 28.3 Å². The molecule has 0 aliphatic heterocycles. The summed E-state index contributed by atoms with van der Waals surface area (Å²) >= 11 is 4.70. The second kappa shape index (κ2) is 3.43. The van der Waals surface area contributed by atoms with Gasteiger partial charge in [0.15, 0.2) is 5.82 Å². The van der Waals surface area contributed by atoms with Crippen molar-refractivity contribution in [3.63, 3.8) is 0 Å². The van der Waals surface area contributed by atoms with E-state index in [9.17, 15) is 4.79 Å². The monoisotopic (exact) mass is 256 g/mol. The van der Waals surface area contributed by atoms with Gasteiger partial charge in [0.25, 0.3) is 0 Å². The topological polar surface area (TPSA) is 45.8 Å². The van der Waals surface area contributed by atoms with Crippen LogP contribution >= 0.6 is 27.3 Å². The van der Waals surface area contributed by atoms with Gasteiger partial charge >= 0.3 is 0 Å². The second-order valence-electron chi connectivity index (χ2n) is 2.36. The van der Waals surface area contributed by atoms with Gasteiger partial charge in [-0.05, 0) is 27.4 Å². The van der Waals surface area contributed by atoms with E-state index in [1.54, 1.807) is 12.4 Å². The van der Waals surface area contributed by atoms with E-state index in [4.69, 9.17) is 0 Å². The van der Waals surface area contributed by atoms with Gasteiger partial charge in [0.05, 0.1) is 4.88 Å². The van der Waals surface area contributed by atoms with E-state index in [1.165, 1.54) is 11.3 Å². The van der Waals surface area contributed by atoms with E-state index in [1.807, 2.05) is 11.4 Å². The molecule has 0 atom stereocenters. The number of aromatic nitrogens is 2. The van der Waals surface area contributed by atoms with Crippen LogP contribution in [-0.2, 0) is 0 Å². The highest BCUT2D eigenvalue weighted by atomic mass is 79.9. The number of imidazole rings is 1. The number of rotatable bonds is 2. The molecule has 0 saturated heterocycles. The van der Waals surface area contributed by atoms with Gasteiger partial charge in [-0.1, -0.05) is 0 Å². The molecule has 3 nitrogen and oxygen atoms in total. The van der Waals surface area contributed by atoms with E-state index in [0.29, 0.717) is 10.7 Å². The molecule has 5 heteroatoms. The zero-order valence-corrected chi connectivity index (χ0v) is 8.85. The van der Waals surface area contributed by atoms with Crippen molar-refractivity contribution in [1.29, 1.82) is 0 Å². The lowest BCUT2D eigenvalue weighted by Gasteiger charge is -1.92. The summed E-state index contributed by atoms with van der Waals surface area (Å²) in [5, 5.41) is 1.86. The summed E-state index contributed by atoms with van der Waals surface area (Å²) in [5.41, 5.74) is 0. The Morgan fingerprint density at radius 2 is 2.46 bits per heavy atom. The molecule has 0 unspecified atom stereocenters. The highest BCUT2D eigenvalue weighted by Crippen LogP contribution is 2.24. The molecule has 13 heavy (non-hydrogen) atoms. The summed E-state index contributed by atoms with van der Waals surface area (Å²) in [7, 11) is 0. The van der Waals surface area contributed by atoms with Crippen molar-refractivity contribution >= 4 is 33.0 Å². The number of hydrogen-bond donors (Lipinski definition) is 1. The predicted octanol–water partition coefficient (Wildman–Crippen LogP) is 2.46. The number of aromatic amines is 1. The van der Waals surface area contributed by atoms with Gasteiger partial charge < -0.3 is 4.98 Å². The van der Waals surface area contributed by atoms with Crippen LogP contribution in [0.5, 0.6) is 0 Å². The molecule has 0 radical (unpaired) electrons. The average molecular weight is 257 g/mol. The van der Waals surface area contributed by atoms with Gasteiger partial charge in [-0.2, -0.15) is 0 Å². The maximum absolute atomic E-state index is 11.7. The lowest BCUT2D eigenvalue weighted by molar-refractivity contribution is 0.103. The smallest absolute Gasteiger partial charge is 0.239 e. The van der Waals surface area contributed by atoms with Crippen LogP contribution in [0.2, 0.25) is 0 Å². The summed E-state index contributed by atoms with van der Waals surface area (Å²) < 4.78 is 0.818. The minimum Gasteiger partial charge on any atom is -0.342 e. The Labute approximate surface area is 87.0 Å². The molecule has 0 aliphatic rings. The fraction of sp³-hybridized carbons (Fsp3) is 0. The summed E-state index contributed by atoms with van der Waals surface area (Å²) in [6.45, 7) is 0. The first-order valence-electron chi connectivity index (χ1n) is 3.56. The lowest BCUT2D eigenvalue weighted by atomic mass is 10.3. The standard InChI is InChI=1S/C8H5BrN2OS/c9-5-1-4-13-7(5)6(12)8-10-2-3-11-8/h1-4H,(H,10,11). The highest BCUT2D eigenvalue weighted by molar-refractivity contribution is 9.10. The molecule has 0 aliphatic carbocycles. The van der Waals surface area contributed by atoms with E-state index in [0.717, 1.165) is 4.47 Å². The highest BCUT2D eigenvalue weighted by Gasteiger charge is 2.15. The summed E-state index contributed by atoms with van der Waals surface area (Å²) in [5.74, 6) is 0.301. The number of nitrogens with one attached hydrogen (secondary N) is 1. The SMILES string of the molecule is O=C(c1ncc[nH]1)c1sccc1Br. The maximum Gasteiger partial charge on any atom is 0.239 e. The zero-order valence-electron chi connectivity index (χ0n) is 6.45. The van der Waals surface area contributed by atoms with Crippen molar-refractivity contribution < 1.29 is 4.79 Å². The quantitative estimate of drug-likeness (QED) is 0.840. The molecular weight excluding hydrogens is 252 g/mol. The predicted molar refractivity (Wildman–Crippen MR) is 54.0 cm³/mol. The van der Waals surface area contributed by atoms with Crippen molar-refractivity contribution in [3.05, 3.63) is 39.0 Å². The van der Waals surface area contributed by atoms with Crippen LogP contribution < -0.4 is 0 Å². The van der Waals surface area contributed by atoms with E-state index in [-0.39, 0.29) is 5.78 Å². The molecule has 2 heterocycles. The number of ketones is 1. The first kappa shape index (κ1) is 8.65. The number of thiophene rings is 1. The van der Waals surface area contributed by atoms with Crippen molar-refractivity contribution in [2.24, 2.45) is 0 Å². The molecule has 66 valence electrons. The van der Waals surface area contributed by atoms with Crippen LogP contribution in [0.25, 0.3) is 0 Å². The van der Waals surface area contributed by atoms with E-state index < -0.39 is 0 Å². The second-order valence-corrected chi connectivity index (χ2v) is 4.14. The average Bonchev–Trinajstić information content (AvgIpc) is 2.72. The molecule has 2 aromatic rings. The third-order valence-corrected chi connectivity index (χ3v) is 3.37. The van der Waals surface area contributed by atoms with Gasteiger partial charge in [0.2, 0.25) is 5.78 Å². The number of H-pyrrole nitrogens is 1. The van der Waals surface area contributed by atoms with Crippen molar-refractivity contribution in [3.8, 4) is 0 Å². The number of hydrogen-bond acceptors (Lipinski definition) is 3. The Hall–Kier alpha value is -0.940. The third-order valence-electron chi connectivity index (χ3n) is 1.54. The van der Waals surface area contributed by atoms with Crippen LogP contribution in [0.1, 0.15) is 15.5 Å². The van der Waals surface area contributed by atoms with E-state index >= 15 is 0 Å². The Kier molecular flexibility index (Phi) is 2.28. The number of carbonyl (C=O) groups is 1. The Morgan fingerprint density at radius 1 is 1.62 bits per heavy atom. The normalized spacial score (nSPS) is 10.2.